The number of rotatable bonds is 6. The maximum atomic E-state index is 12.1. The molecular weight excluding hydrogens is 350 g/mol. The lowest BCUT2D eigenvalue weighted by Crippen LogP contribution is -2.18. The van der Waals surface area contributed by atoms with E-state index in [1.165, 1.54) is 11.8 Å². The highest BCUT2D eigenvalue weighted by Crippen LogP contribution is 2.23. The molecule has 1 fully saturated rings. The quantitative estimate of drug-likeness (QED) is 0.790. The van der Waals surface area contributed by atoms with Crippen LogP contribution in [0.15, 0.2) is 23.4 Å². The minimum absolute atomic E-state index is 0.128. The van der Waals surface area contributed by atoms with Gasteiger partial charge in [-0.25, -0.2) is 4.68 Å². The minimum Gasteiger partial charge on any atom is -0.376 e. The predicted molar refractivity (Wildman–Crippen MR) is 92.3 cm³/mol. The molecule has 1 saturated heterocycles. The van der Waals surface area contributed by atoms with Gasteiger partial charge in [-0.15, -0.1) is 5.10 Å². The number of nitrogens with zero attached hydrogens (tertiary/aromatic N) is 4. The highest BCUT2D eigenvalue weighted by molar-refractivity contribution is 7.99. The van der Waals surface area contributed by atoms with Crippen molar-refractivity contribution in [3.05, 3.63) is 28.8 Å². The van der Waals surface area contributed by atoms with Gasteiger partial charge in [0, 0.05) is 17.3 Å². The van der Waals surface area contributed by atoms with Gasteiger partial charge in [-0.05, 0) is 47.9 Å². The van der Waals surface area contributed by atoms with Crippen molar-refractivity contribution in [2.24, 2.45) is 0 Å². The van der Waals surface area contributed by atoms with Crippen molar-refractivity contribution in [2.45, 2.75) is 37.6 Å². The number of hydrogen-bond donors (Lipinski definition) is 1. The summed E-state index contributed by atoms with van der Waals surface area (Å²) < 4.78 is 7.29. The SMILES string of the molecule is Cc1c(Cl)cccc1NC(=O)CSc1nnnn1CC1CCCO1. The van der Waals surface area contributed by atoms with E-state index in [1.54, 1.807) is 16.8 Å². The van der Waals surface area contributed by atoms with Crippen molar-refractivity contribution in [1.29, 1.82) is 0 Å². The van der Waals surface area contributed by atoms with E-state index in [9.17, 15) is 4.79 Å². The standard InChI is InChI=1S/C15H18ClN5O2S/c1-10-12(16)5-2-6-13(10)17-14(22)9-24-15-18-19-20-21(15)8-11-4-3-7-23-11/h2,5-6,11H,3-4,7-9H2,1H3,(H,17,22). The number of carbonyl (C=O) groups excluding carboxylic acids is 1. The predicted octanol–water partition coefficient (Wildman–Crippen LogP) is 2.54. The fourth-order valence-electron chi connectivity index (χ4n) is 2.45. The number of ether oxygens (including phenoxy) is 1. The summed E-state index contributed by atoms with van der Waals surface area (Å²) in [6.45, 7) is 3.27. The molecule has 2 heterocycles. The van der Waals surface area contributed by atoms with Crippen LogP contribution in [0.2, 0.25) is 5.02 Å². The summed E-state index contributed by atoms with van der Waals surface area (Å²) in [6, 6.07) is 5.42. The Balaban J connectivity index is 1.55. The molecule has 1 aromatic carbocycles. The van der Waals surface area contributed by atoms with Crippen LogP contribution in [0.5, 0.6) is 0 Å². The number of tetrazole rings is 1. The summed E-state index contributed by atoms with van der Waals surface area (Å²) in [7, 11) is 0. The molecule has 0 radical (unpaired) electrons. The third kappa shape index (κ3) is 4.25. The van der Waals surface area contributed by atoms with Gasteiger partial charge in [-0.3, -0.25) is 4.79 Å². The van der Waals surface area contributed by atoms with Crippen LogP contribution in [0.3, 0.4) is 0 Å². The van der Waals surface area contributed by atoms with Crippen LogP contribution in [0, 0.1) is 6.92 Å². The maximum Gasteiger partial charge on any atom is 0.234 e. The van der Waals surface area contributed by atoms with E-state index in [4.69, 9.17) is 16.3 Å². The molecule has 1 aliphatic rings. The van der Waals surface area contributed by atoms with Crippen LogP contribution < -0.4 is 5.32 Å². The number of amides is 1. The number of benzene rings is 1. The van der Waals surface area contributed by atoms with Crippen molar-refractivity contribution in [3.63, 3.8) is 0 Å². The van der Waals surface area contributed by atoms with E-state index in [2.05, 4.69) is 20.8 Å². The van der Waals surface area contributed by atoms with Crippen LogP contribution >= 0.6 is 23.4 Å². The molecule has 1 N–H and O–H groups in total. The molecule has 0 saturated carbocycles. The third-order valence-electron chi connectivity index (χ3n) is 3.77. The Bertz CT molecular complexity index is 718. The molecule has 0 aliphatic carbocycles. The van der Waals surface area contributed by atoms with Gasteiger partial charge in [-0.1, -0.05) is 29.4 Å². The molecule has 3 rings (SSSR count). The zero-order chi connectivity index (χ0) is 16.9. The van der Waals surface area contributed by atoms with Gasteiger partial charge >= 0.3 is 0 Å². The molecular formula is C15H18ClN5O2S. The van der Waals surface area contributed by atoms with Crippen molar-refractivity contribution in [1.82, 2.24) is 20.2 Å². The van der Waals surface area contributed by atoms with E-state index >= 15 is 0 Å². The second-order valence-electron chi connectivity index (χ2n) is 5.53. The largest absolute Gasteiger partial charge is 0.376 e. The number of nitrogens with one attached hydrogen (secondary N) is 1. The van der Waals surface area contributed by atoms with Gasteiger partial charge in [0.1, 0.15) is 0 Å². The van der Waals surface area contributed by atoms with Crippen molar-refractivity contribution in [2.75, 3.05) is 17.7 Å². The fraction of sp³-hybridized carbons (Fsp3) is 0.467. The van der Waals surface area contributed by atoms with Gasteiger partial charge in [0.25, 0.3) is 0 Å². The Morgan fingerprint density at radius 2 is 2.42 bits per heavy atom. The summed E-state index contributed by atoms with van der Waals surface area (Å²) in [4.78, 5) is 12.1. The zero-order valence-corrected chi connectivity index (χ0v) is 14.8. The molecule has 9 heteroatoms. The Labute approximate surface area is 149 Å². The first kappa shape index (κ1) is 17.2. The minimum atomic E-state index is -0.128. The normalized spacial score (nSPS) is 17.2. The molecule has 1 unspecified atom stereocenters. The van der Waals surface area contributed by atoms with E-state index in [-0.39, 0.29) is 17.8 Å². The highest BCUT2D eigenvalue weighted by Gasteiger charge is 2.19. The summed E-state index contributed by atoms with van der Waals surface area (Å²) in [5.41, 5.74) is 1.56. The van der Waals surface area contributed by atoms with Gasteiger partial charge in [-0.2, -0.15) is 0 Å². The van der Waals surface area contributed by atoms with Crippen LogP contribution in [0.1, 0.15) is 18.4 Å². The number of anilines is 1. The number of halogens is 1. The van der Waals surface area contributed by atoms with Gasteiger partial charge < -0.3 is 10.1 Å². The molecule has 7 nitrogen and oxygen atoms in total. The number of thioether (sulfide) groups is 1. The zero-order valence-electron chi connectivity index (χ0n) is 13.2. The topological polar surface area (TPSA) is 81.9 Å². The lowest BCUT2D eigenvalue weighted by Gasteiger charge is -2.11. The van der Waals surface area contributed by atoms with Crippen molar-refractivity contribution in [3.8, 4) is 0 Å². The Morgan fingerprint density at radius 3 is 3.21 bits per heavy atom. The lowest BCUT2D eigenvalue weighted by atomic mass is 10.2. The molecule has 1 aliphatic heterocycles. The highest BCUT2D eigenvalue weighted by atomic mass is 35.5. The Morgan fingerprint density at radius 1 is 1.54 bits per heavy atom. The van der Waals surface area contributed by atoms with E-state index in [1.807, 2.05) is 13.0 Å². The maximum absolute atomic E-state index is 12.1. The molecule has 1 amide bonds. The van der Waals surface area contributed by atoms with Crippen molar-refractivity contribution >= 4 is 35.0 Å². The molecule has 0 bridgehead atoms. The van der Waals surface area contributed by atoms with Gasteiger partial charge in [0.05, 0.1) is 18.4 Å². The number of hydrogen-bond acceptors (Lipinski definition) is 6. The van der Waals surface area contributed by atoms with Crippen LogP contribution in [-0.2, 0) is 16.1 Å². The molecule has 1 aromatic heterocycles. The van der Waals surface area contributed by atoms with Gasteiger partial charge in [0.15, 0.2) is 0 Å². The first-order valence-corrected chi connectivity index (χ1v) is 9.05. The third-order valence-corrected chi connectivity index (χ3v) is 5.14. The molecule has 128 valence electrons. The fourth-order valence-corrected chi connectivity index (χ4v) is 3.32. The Hall–Kier alpha value is -1.64. The first-order chi connectivity index (χ1) is 11.6. The molecule has 24 heavy (non-hydrogen) atoms. The van der Waals surface area contributed by atoms with E-state index < -0.39 is 0 Å². The summed E-state index contributed by atoms with van der Waals surface area (Å²) in [5, 5.41) is 15.7. The van der Waals surface area contributed by atoms with Crippen LogP contribution in [0.4, 0.5) is 5.69 Å². The molecule has 2 aromatic rings. The summed E-state index contributed by atoms with van der Waals surface area (Å²) in [6.07, 6.45) is 2.23. The lowest BCUT2D eigenvalue weighted by molar-refractivity contribution is -0.113. The van der Waals surface area contributed by atoms with Gasteiger partial charge in [0.2, 0.25) is 11.1 Å². The Kier molecular flexibility index (Phi) is 5.70. The van der Waals surface area contributed by atoms with Crippen LogP contribution in [0.25, 0.3) is 0 Å². The monoisotopic (exact) mass is 367 g/mol. The summed E-state index contributed by atoms with van der Waals surface area (Å²) >= 11 is 7.36. The van der Waals surface area contributed by atoms with Crippen molar-refractivity contribution < 1.29 is 9.53 Å². The average molecular weight is 368 g/mol. The first-order valence-electron chi connectivity index (χ1n) is 7.69. The number of aromatic nitrogens is 4. The molecule has 1 atom stereocenters. The summed E-state index contributed by atoms with van der Waals surface area (Å²) in [5.74, 6) is 0.0923. The van der Waals surface area contributed by atoms with E-state index in [0.717, 1.165) is 25.0 Å². The smallest absolute Gasteiger partial charge is 0.234 e. The van der Waals surface area contributed by atoms with E-state index in [0.29, 0.717) is 22.4 Å². The van der Waals surface area contributed by atoms with Crippen LogP contribution in [-0.4, -0.2) is 44.6 Å². The second kappa shape index (κ2) is 7.96. The average Bonchev–Trinajstić information content (AvgIpc) is 3.22. The number of carbonyl (C=O) groups is 1. The molecule has 0 spiro atoms. The second-order valence-corrected chi connectivity index (χ2v) is 6.88.